The van der Waals surface area contributed by atoms with Crippen LogP contribution in [-0.2, 0) is 32.7 Å². The second-order valence-electron chi connectivity index (χ2n) is 24.5. The first kappa shape index (κ1) is 82.4. The van der Waals surface area contributed by atoms with Gasteiger partial charge in [-0.1, -0.05) is 302 Å². The second kappa shape index (κ2) is 65.8. The van der Waals surface area contributed by atoms with Crippen molar-refractivity contribution in [1.82, 2.24) is 0 Å². The zero-order valence-electron chi connectivity index (χ0n) is 56.2. The molecule has 494 valence electrons. The van der Waals surface area contributed by atoms with Crippen LogP contribution in [0.4, 0.5) is 0 Å². The Morgan fingerprint density at radius 2 is 0.628 bits per heavy atom. The molecule has 9 nitrogen and oxygen atoms in total. The fourth-order valence-electron chi connectivity index (χ4n) is 9.65. The van der Waals surface area contributed by atoms with E-state index in [0.717, 1.165) is 109 Å². The maximum absolute atomic E-state index is 12.9. The van der Waals surface area contributed by atoms with Crippen LogP contribution in [0, 0.1) is 0 Å². The van der Waals surface area contributed by atoms with Crippen molar-refractivity contribution in [2.24, 2.45) is 0 Å². The maximum atomic E-state index is 12.9. The van der Waals surface area contributed by atoms with Crippen molar-refractivity contribution < 1.29 is 42.1 Å². The Bertz CT molecular complexity index is 1870. The van der Waals surface area contributed by atoms with Crippen molar-refractivity contribution in [3.63, 3.8) is 0 Å². The van der Waals surface area contributed by atoms with Crippen LogP contribution in [0.3, 0.4) is 0 Å². The van der Waals surface area contributed by atoms with Gasteiger partial charge in [-0.15, -0.1) is 0 Å². The summed E-state index contributed by atoms with van der Waals surface area (Å²) in [5.41, 5.74) is 0. The first-order chi connectivity index (χ1) is 42.0. The summed E-state index contributed by atoms with van der Waals surface area (Å²) >= 11 is 0. The molecule has 0 rings (SSSR count). The van der Waals surface area contributed by atoms with E-state index in [-0.39, 0.29) is 32.0 Å². The maximum Gasteiger partial charge on any atom is 0.306 e. The van der Waals surface area contributed by atoms with E-state index in [4.69, 9.17) is 18.5 Å². The highest BCUT2D eigenvalue weighted by molar-refractivity contribution is 7.45. The van der Waals surface area contributed by atoms with Crippen LogP contribution in [0.5, 0.6) is 0 Å². The summed E-state index contributed by atoms with van der Waals surface area (Å²) in [6, 6.07) is 0. The van der Waals surface area contributed by atoms with Crippen LogP contribution in [-0.4, -0.2) is 70.0 Å². The second-order valence-corrected chi connectivity index (χ2v) is 25.9. The van der Waals surface area contributed by atoms with Gasteiger partial charge in [0, 0.05) is 12.8 Å². The van der Waals surface area contributed by atoms with E-state index in [1.165, 1.54) is 154 Å². The number of phosphoric acid groups is 1. The fraction of sp³-hybridized carbons (Fsp3) is 0.711. The van der Waals surface area contributed by atoms with E-state index < -0.39 is 26.5 Å². The molecular weight excluding hydrogens is 1090 g/mol. The topological polar surface area (TPSA) is 111 Å². The molecule has 0 aliphatic carbocycles. The lowest BCUT2D eigenvalue weighted by atomic mass is 10.0. The Morgan fingerprint density at radius 1 is 0.360 bits per heavy atom. The number of rotatable bonds is 64. The zero-order valence-corrected chi connectivity index (χ0v) is 57.1. The SMILES string of the molecule is CC/C=C\C/C=C\C/C=C\C/C=C\C/C=C\CCCCCCCCCCCCCCCCCCCCCC(=O)OC(COC(=O)CCCCCCCCCCCCC/C=C\C/C=C\C/C=C\C/C=C\C/C=C\CC)COP(=O)([O-])OCC[N+](C)(C)C. The zero-order chi connectivity index (χ0) is 62.6. The molecule has 0 saturated carbocycles. The van der Waals surface area contributed by atoms with Crippen LogP contribution in [0.25, 0.3) is 0 Å². The van der Waals surface area contributed by atoms with Crippen molar-refractivity contribution in [3.8, 4) is 0 Å². The number of hydrogen-bond acceptors (Lipinski definition) is 8. The Kier molecular flexibility index (Phi) is 63.1. The van der Waals surface area contributed by atoms with Gasteiger partial charge in [0.05, 0.1) is 27.7 Å². The first-order valence-electron chi connectivity index (χ1n) is 35.2. The van der Waals surface area contributed by atoms with E-state index in [0.29, 0.717) is 17.4 Å². The molecule has 0 fully saturated rings. The minimum absolute atomic E-state index is 0.0347. The highest BCUT2D eigenvalue weighted by Crippen LogP contribution is 2.38. The van der Waals surface area contributed by atoms with E-state index >= 15 is 0 Å². The Morgan fingerprint density at radius 3 is 0.930 bits per heavy atom. The van der Waals surface area contributed by atoms with Crippen LogP contribution in [0.15, 0.2) is 122 Å². The molecule has 0 amide bonds. The lowest BCUT2D eigenvalue weighted by Crippen LogP contribution is -2.37. The molecule has 0 spiro atoms. The normalized spacial score (nSPS) is 13.9. The largest absolute Gasteiger partial charge is 0.756 e. The number of carbonyl (C=O) groups is 2. The highest BCUT2D eigenvalue weighted by Gasteiger charge is 2.22. The smallest absolute Gasteiger partial charge is 0.306 e. The molecule has 2 unspecified atom stereocenters. The van der Waals surface area contributed by atoms with Gasteiger partial charge in [-0.3, -0.25) is 14.2 Å². The van der Waals surface area contributed by atoms with Gasteiger partial charge in [0.2, 0.25) is 0 Å². The first-order valence-corrected chi connectivity index (χ1v) is 36.7. The molecule has 0 N–H and O–H groups in total. The van der Waals surface area contributed by atoms with Gasteiger partial charge in [0.25, 0.3) is 7.82 Å². The van der Waals surface area contributed by atoms with Gasteiger partial charge in [-0.25, -0.2) is 0 Å². The Balaban J connectivity index is 4.03. The van der Waals surface area contributed by atoms with Crippen molar-refractivity contribution >= 4 is 19.8 Å². The number of likely N-dealkylation sites (N-methyl/N-ethyl adjacent to an activating group) is 1. The van der Waals surface area contributed by atoms with Gasteiger partial charge in [-0.2, -0.15) is 0 Å². The molecule has 0 aliphatic heterocycles. The van der Waals surface area contributed by atoms with Crippen molar-refractivity contribution in [2.45, 2.75) is 302 Å². The number of esters is 2. The highest BCUT2D eigenvalue weighted by atomic mass is 31.2. The average Bonchev–Trinajstić information content (AvgIpc) is 3.56. The standard InChI is InChI=1S/C76H132NO8P/c1-6-8-10-12-14-16-18-20-22-24-26-28-30-32-34-35-36-37-38-39-40-41-43-45-47-49-51-53-55-57-59-61-63-65-67-69-76(79)85-74(73-84-86(80,81)83-71-70-77(3,4)5)72-82-75(78)68-66-64-62-60-58-56-54-52-50-48-46-44-42-33-31-29-27-25-23-21-19-17-15-13-11-9-7-2/h8-11,14-17,20-23,26-29,32-34,42,74H,6-7,12-13,18-19,24-25,30-31,35-41,43-73H2,1-5H3/b10-8-,11-9-,16-14-,17-15-,22-20-,23-21-,28-26-,29-27-,34-32-,42-33-. The predicted molar refractivity (Wildman–Crippen MR) is 369 cm³/mol. The van der Waals surface area contributed by atoms with Gasteiger partial charge in [0.1, 0.15) is 19.8 Å². The number of ether oxygens (including phenoxy) is 2. The lowest BCUT2D eigenvalue weighted by Gasteiger charge is -2.28. The Labute approximate surface area is 530 Å². The van der Waals surface area contributed by atoms with Crippen molar-refractivity contribution in [1.29, 1.82) is 0 Å². The molecule has 0 aromatic heterocycles. The summed E-state index contributed by atoms with van der Waals surface area (Å²) in [6.45, 7) is 4.03. The lowest BCUT2D eigenvalue weighted by molar-refractivity contribution is -0.870. The Hall–Kier alpha value is -3.59. The average molecular weight is 1220 g/mol. The summed E-state index contributed by atoms with van der Waals surface area (Å²) in [5, 5.41) is 0. The van der Waals surface area contributed by atoms with Crippen LogP contribution < -0.4 is 4.89 Å². The molecule has 0 heterocycles. The number of unbranched alkanes of at least 4 members (excludes halogenated alkanes) is 30. The monoisotopic (exact) mass is 1220 g/mol. The number of quaternary nitrogens is 1. The van der Waals surface area contributed by atoms with Gasteiger partial charge in [-0.05, 0) is 103 Å². The van der Waals surface area contributed by atoms with E-state index in [1.54, 1.807) is 0 Å². The van der Waals surface area contributed by atoms with Crippen molar-refractivity contribution in [2.75, 3.05) is 47.5 Å². The summed E-state index contributed by atoms with van der Waals surface area (Å²) in [6.07, 6.45) is 94.2. The number of carbonyl (C=O) groups excluding carboxylic acids is 2. The molecule has 0 bridgehead atoms. The summed E-state index contributed by atoms with van der Waals surface area (Å²) < 4.78 is 34.3. The molecule has 86 heavy (non-hydrogen) atoms. The summed E-state index contributed by atoms with van der Waals surface area (Å²) in [7, 11) is 1.16. The van der Waals surface area contributed by atoms with Gasteiger partial charge >= 0.3 is 11.9 Å². The molecule has 0 saturated heterocycles. The van der Waals surface area contributed by atoms with Crippen LogP contribution >= 0.6 is 7.82 Å². The molecule has 0 aliphatic rings. The summed E-state index contributed by atoms with van der Waals surface area (Å²) in [4.78, 5) is 38.1. The minimum Gasteiger partial charge on any atom is -0.756 e. The number of hydrogen-bond donors (Lipinski definition) is 0. The number of nitrogens with zero attached hydrogens (tertiary/aromatic N) is 1. The number of allylic oxidation sites excluding steroid dienone is 20. The third kappa shape index (κ3) is 69.5. The molecular formula is C76H132NO8P. The quantitative estimate of drug-likeness (QED) is 0.0195. The summed E-state index contributed by atoms with van der Waals surface area (Å²) in [5.74, 6) is -0.832. The third-order valence-electron chi connectivity index (χ3n) is 15.0. The molecule has 10 heteroatoms. The van der Waals surface area contributed by atoms with Gasteiger partial charge < -0.3 is 27.9 Å². The van der Waals surface area contributed by atoms with E-state index in [1.807, 2.05) is 21.1 Å². The van der Waals surface area contributed by atoms with E-state index in [9.17, 15) is 19.0 Å². The predicted octanol–water partition coefficient (Wildman–Crippen LogP) is 22.4. The molecule has 0 aromatic rings. The van der Waals surface area contributed by atoms with Crippen LogP contribution in [0.1, 0.15) is 296 Å². The third-order valence-corrected chi connectivity index (χ3v) is 15.9. The van der Waals surface area contributed by atoms with Gasteiger partial charge in [0.15, 0.2) is 6.10 Å². The number of phosphoric ester groups is 1. The van der Waals surface area contributed by atoms with Crippen molar-refractivity contribution in [3.05, 3.63) is 122 Å². The molecule has 0 aromatic carbocycles. The fourth-order valence-corrected chi connectivity index (χ4v) is 10.4. The molecule has 0 radical (unpaired) electrons. The molecule has 2 atom stereocenters. The van der Waals surface area contributed by atoms with Crippen LogP contribution in [0.2, 0.25) is 0 Å². The minimum atomic E-state index is -4.65. The van der Waals surface area contributed by atoms with E-state index in [2.05, 4.69) is 135 Å².